The maximum Gasteiger partial charge on any atom is 0.119 e. The van der Waals surface area contributed by atoms with E-state index in [9.17, 15) is 0 Å². The van der Waals surface area contributed by atoms with Crippen molar-refractivity contribution in [1.29, 1.82) is 0 Å². The van der Waals surface area contributed by atoms with Crippen molar-refractivity contribution >= 4 is 0 Å². The van der Waals surface area contributed by atoms with Crippen LogP contribution in [0.2, 0.25) is 0 Å². The van der Waals surface area contributed by atoms with E-state index in [0.29, 0.717) is 0 Å². The molecule has 0 heterocycles. The molecule has 0 aliphatic heterocycles. The van der Waals surface area contributed by atoms with Crippen molar-refractivity contribution in [2.24, 2.45) is 0 Å². The number of nitrogens with one attached hydrogen (secondary N) is 1. The van der Waals surface area contributed by atoms with E-state index in [4.69, 9.17) is 9.47 Å². The summed E-state index contributed by atoms with van der Waals surface area (Å²) in [5.41, 5.74) is 1.17. The van der Waals surface area contributed by atoms with Gasteiger partial charge in [0.05, 0.1) is 18.8 Å². The third kappa shape index (κ3) is 2.38. The van der Waals surface area contributed by atoms with E-state index < -0.39 is 0 Å². The Hall–Kier alpha value is -1.06. The first kappa shape index (κ1) is 13.4. The highest BCUT2D eigenvalue weighted by atomic mass is 16.5. The predicted molar refractivity (Wildman–Crippen MR) is 73.0 cm³/mol. The predicted octanol–water partition coefficient (Wildman–Crippen LogP) is 2.91. The minimum atomic E-state index is -0.0683. The molecule has 1 unspecified atom stereocenters. The smallest absolute Gasteiger partial charge is 0.119 e. The summed E-state index contributed by atoms with van der Waals surface area (Å²) >= 11 is 0. The zero-order valence-electron chi connectivity index (χ0n) is 11.5. The lowest BCUT2D eigenvalue weighted by Gasteiger charge is -2.36. The first-order chi connectivity index (χ1) is 8.75. The third-order valence-corrected chi connectivity index (χ3v) is 4.10. The summed E-state index contributed by atoms with van der Waals surface area (Å²) in [7, 11) is 5.54. The molecule has 2 rings (SSSR count). The van der Waals surface area contributed by atoms with Crippen LogP contribution < -0.4 is 10.1 Å². The molecular weight excluding hydrogens is 226 g/mol. The molecule has 0 radical (unpaired) electrons. The standard InChI is InChI=1S/C15H23NO2/c1-16-14(15(18-3)9-4-5-10-15)12-7-6-8-13(11-12)17-2/h6-8,11,14,16H,4-5,9-10H2,1-3H3. The van der Waals surface area contributed by atoms with Gasteiger partial charge in [0.1, 0.15) is 5.75 Å². The Morgan fingerprint density at radius 3 is 2.50 bits per heavy atom. The van der Waals surface area contributed by atoms with Crippen LogP contribution in [-0.2, 0) is 4.74 Å². The van der Waals surface area contributed by atoms with Crippen LogP contribution in [-0.4, -0.2) is 26.9 Å². The molecule has 1 atom stereocenters. The summed E-state index contributed by atoms with van der Waals surface area (Å²) in [6.45, 7) is 0. The van der Waals surface area contributed by atoms with E-state index in [-0.39, 0.29) is 11.6 Å². The van der Waals surface area contributed by atoms with Gasteiger partial charge in [-0.3, -0.25) is 0 Å². The number of ether oxygens (including phenoxy) is 2. The lowest BCUT2D eigenvalue weighted by atomic mass is 9.86. The van der Waals surface area contributed by atoms with Gasteiger partial charge in [0.2, 0.25) is 0 Å². The van der Waals surface area contributed by atoms with Gasteiger partial charge >= 0.3 is 0 Å². The molecule has 0 spiro atoms. The Morgan fingerprint density at radius 1 is 1.22 bits per heavy atom. The Kier molecular flexibility index (Phi) is 4.25. The number of rotatable bonds is 5. The fourth-order valence-electron chi connectivity index (χ4n) is 3.14. The van der Waals surface area contributed by atoms with E-state index in [1.807, 2.05) is 26.3 Å². The van der Waals surface area contributed by atoms with Gasteiger partial charge in [-0.2, -0.15) is 0 Å². The van der Waals surface area contributed by atoms with E-state index >= 15 is 0 Å². The summed E-state index contributed by atoms with van der Waals surface area (Å²) in [4.78, 5) is 0. The fourth-order valence-corrected chi connectivity index (χ4v) is 3.14. The lowest BCUT2D eigenvalue weighted by molar-refractivity contribution is -0.0349. The molecule has 1 N–H and O–H groups in total. The van der Waals surface area contributed by atoms with Crippen molar-refractivity contribution in [3.8, 4) is 5.75 Å². The van der Waals surface area contributed by atoms with Crippen LogP contribution in [0, 0.1) is 0 Å². The first-order valence-electron chi connectivity index (χ1n) is 6.62. The SMILES string of the molecule is CNC(c1cccc(OC)c1)C1(OC)CCCC1. The van der Waals surface area contributed by atoms with Crippen molar-refractivity contribution in [3.63, 3.8) is 0 Å². The molecule has 1 aliphatic rings. The monoisotopic (exact) mass is 249 g/mol. The Labute approximate surface area is 109 Å². The van der Waals surface area contributed by atoms with E-state index in [0.717, 1.165) is 18.6 Å². The van der Waals surface area contributed by atoms with Crippen molar-refractivity contribution in [2.75, 3.05) is 21.3 Å². The van der Waals surface area contributed by atoms with Gasteiger partial charge in [-0.15, -0.1) is 0 Å². The lowest BCUT2D eigenvalue weighted by Crippen LogP contribution is -2.42. The Morgan fingerprint density at radius 2 is 1.94 bits per heavy atom. The van der Waals surface area contributed by atoms with Gasteiger partial charge in [0.15, 0.2) is 0 Å². The molecule has 0 saturated heterocycles. The normalized spacial score (nSPS) is 19.7. The quantitative estimate of drug-likeness (QED) is 0.870. The molecule has 0 amide bonds. The van der Waals surface area contributed by atoms with E-state index in [2.05, 4.69) is 17.4 Å². The second-order valence-electron chi connectivity index (χ2n) is 4.97. The fraction of sp³-hybridized carbons (Fsp3) is 0.600. The molecular formula is C15H23NO2. The molecule has 18 heavy (non-hydrogen) atoms. The van der Waals surface area contributed by atoms with Gasteiger partial charge in [0.25, 0.3) is 0 Å². The zero-order valence-corrected chi connectivity index (χ0v) is 11.5. The highest BCUT2D eigenvalue weighted by Gasteiger charge is 2.41. The topological polar surface area (TPSA) is 30.5 Å². The van der Waals surface area contributed by atoms with Crippen LogP contribution in [0.25, 0.3) is 0 Å². The van der Waals surface area contributed by atoms with Crippen molar-refractivity contribution in [3.05, 3.63) is 29.8 Å². The highest BCUT2D eigenvalue weighted by Crippen LogP contribution is 2.42. The van der Waals surface area contributed by atoms with Gasteiger partial charge < -0.3 is 14.8 Å². The number of hydrogen-bond donors (Lipinski definition) is 1. The molecule has 1 saturated carbocycles. The maximum absolute atomic E-state index is 5.88. The van der Waals surface area contributed by atoms with Crippen LogP contribution in [0.5, 0.6) is 5.75 Å². The van der Waals surface area contributed by atoms with Crippen molar-refractivity contribution < 1.29 is 9.47 Å². The highest BCUT2D eigenvalue weighted by molar-refractivity contribution is 5.32. The van der Waals surface area contributed by atoms with Gasteiger partial charge in [-0.05, 0) is 37.6 Å². The second-order valence-corrected chi connectivity index (χ2v) is 4.97. The van der Waals surface area contributed by atoms with Crippen LogP contribution in [0.4, 0.5) is 0 Å². The largest absolute Gasteiger partial charge is 0.497 e. The molecule has 1 aromatic rings. The molecule has 1 aromatic carbocycles. The molecule has 0 bridgehead atoms. The molecule has 0 aromatic heterocycles. The number of hydrogen-bond acceptors (Lipinski definition) is 3. The molecule has 3 heteroatoms. The molecule has 1 fully saturated rings. The average molecular weight is 249 g/mol. The maximum atomic E-state index is 5.88. The van der Waals surface area contributed by atoms with Gasteiger partial charge in [-0.25, -0.2) is 0 Å². The van der Waals surface area contributed by atoms with Crippen LogP contribution >= 0.6 is 0 Å². The minimum absolute atomic E-state index is 0.0683. The summed E-state index contributed by atoms with van der Waals surface area (Å²) in [5, 5.41) is 3.42. The van der Waals surface area contributed by atoms with E-state index in [1.165, 1.54) is 18.4 Å². The van der Waals surface area contributed by atoms with Crippen LogP contribution in [0.1, 0.15) is 37.3 Å². The molecule has 1 aliphatic carbocycles. The average Bonchev–Trinajstić information content (AvgIpc) is 2.90. The molecule has 100 valence electrons. The second kappa shape index (κ2) is 5.72. The third-order valence-electron chi connectivity index (χ3n) is 4.10. The summed E-state index contributed by atoms with van der Waals surface area (Å²) in [6, 6.07) is 8.48. The number of methoxy groups -OCH3 is 2. The number of likely N-dealkylation sites (N-methyl/N-ethyl adjacent to an activating group) is 1. The van der Waals surface area contributed by atoms with Crippen molar-refractivity contribution in [1.82, 2.24) is 5.32 Å². The summed E-state index contributed by atoms with van der Waals surface area (Å²) in [5.74, 6) is 0.900. The van der Waals surface area contributed by atoms with Gasteiger partial charge in [0, 0.05) is 7.11 Å². The van der Waals surface area contributed by atoms with E-state index in [1.54, 1.807) is 7.11 Å². The first-order valence-corrected chi connectivity index (χ1v) is 6.62. The number of benzene rings is 1. The minimum Gasteiger partial charge on any atom is -0.497 e. The van der Waals surface area contributed by atoms with Crippen LogP contribution in [0.15, 0.2) is 24.3 Å². The zero-order chi connectivity index (χ0) is 13.0. The van der Waals surface area contributed by atoms with Crippen LogP contribution in [0.3, 0.4) is 0 Å². The molecule has 3 nitrogen and oxygen atoms in total. The Balaban J connectivity index is 2.31. The summed E-state index contributed by atoms with van der Waals surface area (Å²) in [6.07, 6.45) is 4.73. The summed E-state index contributed by atoms with van der Waals surface area (Å²) < 4.78 is 11.2. The Bertz CT molecular complexity index is 386. The van der Waals surface area contributed by atoms with Gasteiger partial charge in [-0.1, -0.05) is 25.0 Å². The van der Waals surface area contributed by atoms with Crippen molar-refractivity contribution in [2.45, 2.75) is 37.3 Å².